The number of ether oxygens (including phenoxy) is 1. The molecule has 0 aromatic carbocycles. The van der Waals surface area contributed by atoms with Crippen molar-refractivity contribution < 1.29 is 22.7 Å². The van der Waals surface area contributed by atoms with Gasteiger partial charge in [-0.1, -0.05) is 17.7 Å². The molecule has 1 aromatic rings. The van der Waals surface area contributed by atoms with Gasteiger partial charge in [0.15, 0.2) is 0 Å². The molecule has 9 heteroatoms. The van der Waals surface area contributed by atoms with Crippen LogP contribution in [0.2, 0.25) is 5.15 Å². The maximum Gasteiger partial charge on any atom is 0.410 e. The molecule has 1 aliphatic heterocycles. The fourth-order valence-corrected chi connectivity index (χ4v) is 2.66. The van der Waals surface area contributed by atoms with Gasteiger partial charge in [-0.15, -0.1) is 0 Å². The zero-order valence-electron chi connectivity index (χ0n) is 14.3. The van der Waals surface area contributed by atoms with Crippen molar-refractivity contribution >= 4 is 17.7 Å². The number of amides is 1. The highest BCUT2D eigenvalue weighted by Crippen LogP contribution is 2.29. The number of hydrogen-bond acceptors (Lipinski definition) is 4. The predicted molar refractivity (Wildman–Crippen MR) is 87.3 cm³/mol. The molecule has 0 N–H and O–H groups in total. The number of alkyl halides is 3. The lowest BCUT2D eigenvalue weighted by molar-refractivity contribution is -0.197. The quantitative estimate of drug-likeness (QED) is 0.735. The van der Waals surface area contributed by atoms with Gasteiger partial charge in [-0.05, 0) is 32.4 Å². The molecule has 0 spiro atoms. The molecule has 0 bridgehead atoms. The van der Waals surface area contributed by atoms with Crippen LogP contribution >= 0.6 is 11.6 Å². The first-order chi connectivity index (χ1) is 11.5. The smallest absolute Gasteiger partial charge is 0.410 e. The summed E-state index contributed by atoms with van der Waals surface area (Å²) >= 11 is 5.70. The van der Waals surface area contributed by atoms with E-state index in [2.05, 4.69) is 4.98 Å². The maximum absolute atomic E-state index is 13.5. The molecule has 5 nitrogen and oxygen atoms in total. The summed E-state index contributed by atoms with van der Waals surface area (Å²) in [7, 11) is 0. The number of pyridine rings is 1. The van der Waals surface area contributed by atoms with Gasteiger partial charge in [0, 0.05) is 32.4 Å². The van der Waals surface area contributed by atoms with Crippen LogP contribution in [0.1, 0.15) is 26.3 Å². The van der Waals surface area contributed by atoms with Crippen LogP contribution in [0.3, 0.4) is 0 Å². The molecule has 1 fully saturated rings. The summed E-state index contributed by atoms with van der Waals surface area (Å²) in [6, 6.07) is 1.42. The van der Waals surface area contributed by atoms with Gasteiger partial charge in [-0.25, -0.2) is 9.78 Å². The van der Waals surface area contributed by atoms with Gasteiger partial charge in [0.05, 0.1) is 0 Å². The predicted octanol–water partition coefficient (Wildman–Crippen LogP) is 3.72. The third-order valence-corrected chi connectivity index (χ3v) is 3.92. The van der Waals surface area contributed by atoms with Gasteiger partial charge < -0.3 is 9.64 Å². The lowest BCUT2D eigenvalue weighted by Crippen LogP contribution is -2.60. The van der Waals surface area contributed by atoms with E-state index in [-0.39, 0.29) is 24.8 Å². The summed E-state index contributed by atoms with van der Waals surface area (Å²) in [5.74, 6) is 0. The van der Waals surface area contributed by atoms with Crippen molar-refractivity contribution in [1.29, 1.82) is 0 Å². The van der Waals surface area contributed by atoms with Crippen molar-refractivity contribution in [2.24, 2.45) is 0 Å². The Morgan fingerprint density at radius 3 is 2.52 bits per heavy atom. The number of aromatic nitrogens is 1. The maximum atomic E-state index is 13.5. The number of carbonyl (C=O) groups is 1. The first kappa shape index (κ1) is 19.8. The second kappa shape index (κ2) is 7.37. The Morgan fingerprint density at radius 2 is 2.00 bits per heavy atom. The molecule has 1 atom stereocenters. The number of nitrogens with zero attached hydrogens (tertiary/aromatic N) is 3. The van der Waals surface area contributed by atoms with Crippen molar-refractivity contribution in [2.75, 3.05) is 19.6 Å². The van der Waals surface area contributed by atoms with Crippen molar-refractivity contribution in [3.8, 4) is 0 Å². The van der Waals surface area contributed by atoms with Crippen LogP contribution < -0.4 is 0 Å². The van der Waals surface area contributed by atoms with Gasteiger partial charge >= 0.3 is 12.3 Å². The highest BCUT2D eigenvalue weighted by molar-refractivity contribution is 6.29. The minimum atomic E-state index is -4.46. The Balaban J connectivity index is 2.10. The highest BCUT2D eigenvalue weighted by atomic mass is 35.5. The van der Waals surface area contributed by atoms with E-state index >= 15 is 0 Å². The van der Waals surface area contributed by atoms with E-state index in [9.17, 15) is 18.0 Å². The van der Waals surface area contributed by atoms with Gasteiger partial charge in [0.25, 0.3) is 0 Å². The lowest BCUT2D eigenvalue weighted by Gasteiger charge is -2.42. The normalized spacial score (nSPS) is 19.8. The minimum absolute atomic E-state index is 0.0799. The van der Waals surface area contributed by atoms with Gasteiger partial charge in [-0.3, -0.25) is 4.90 Å². The molecule has 2 heterocycles. The number of piperazine rings is 1. The van der Waals surface area contributed by atoms with Gasteiger partial charge in [0.1, 0.15) is 16.8 Å². The second-order valence-electron chi connectivity index (χ2n) is 6.94. The minimum Gasteiger partial charge on any atom is -0.444 e. The first-order valence-corrected chi connectivity index (χ1v) is 8.22. The molecule has 1 aliphatic rings. The third kappa shape index (κ3) is 5.74. The third-order valence-electron chi connectivity index (χ3n) is 3.70. The number of rotatable bonds is 2. The zero-order chi connectivity index (χ0) is 18.8. The molecule has 1 amide bonds. The Labute approximate surface area is 149 Å². The van der Waals surface area contributed by atoms with Crippen molar-refractivity contribution in [3.05, 3.63) is 29.0 Å². The monoisotopic (exact) mass is 379 g/mol. The van der Waals surface area contributed by atoms with Crippen LogP contribution in [0.5, 0.6) is 0 Å². The van der Waals surface area contributed by atoms with E-state index in [1.807, 2.05) is 0 Å². The summed E-state index contributed by atoms with van der Waals surface area (Å²) in [5, 5.41) is 0.283. The Morgan fingerprint density at radius 1 is 1.32 bits per heavy atom. The standard InChI is InChI=1S/C16H21ClF3N3O2/c1-15(2,3)25-14(24)23-7-6-22(12(10-23)16(18,19)20)9-11-4-5-13(17)21-8-11/h4-5,8,12H,6-7,9-10H2,1-3H3. The molecular weight excluding hydrogens is 359 g/mol. The molecule has 25 heavy (non-hydrogen) atoms. The van der Waals surface area contributed by atoms with E-state index < -0.39 is 30.5 Å². The highest BCUT2D eigenvalue weighted by Gasteiger charge is 2.47. The van der Waals surface area contributed by atoms with E-state index in [1.165, 1.54) is 17.2 Å². The number of hydrogen-bond donors (Lipinski definition) is 0. The molecule has 2 rings (SSSR count). The average Bonchev–Trinajstić information content (AvgIpc) is 2.47. The number of halogens is 4. The van der Waals surface area contributed by atoms with Crippen LogP contribution in [0.25, 0.3) is 0 Å². The molecule has 0 saturated carbocycles. The summed E-state index contributed by atoms with van der Waals surface area (Å²) in [4.78, 5) is 18.4. The van der Waals surface area contributed by atoms with E-state index in [0.29, 0.717) is 5.56 Å². The largest absolute Gasteiger partial charge is 0.444 e. The van der Waals surface area contributed by atoms with Crippen LogP contribution in [-0.2, 0) is 11.3 Å². The Kier molecular flexibility index (Phi) is 5.83. The summed E-state index contributed by atoms with van der Waals surface area (Å²) < 4.78 is 45.6. The van der Waals surface area contributed by atoms with Crippen LogP contribution in [0.4, 0.5) is 18.0 Å². The van der Waals surface area contributed by atoms with E-state index in [0.717, 1.165) is 4.90 Å². The molecule has 140 valence electrons. The SMILES string of the molecule is CC(C)(C)OC(=O)N1CCN(Cc2ccc(Cl)nc2)C(C(F)(F)F)C1. The molecule has 1 saturated heterocycles. The van der Waals surface area contributed by atoms with Gasteiger partial charge in [0.2, 0.25) is 0 Å². The average molecular weight is 380 g/mol. The van der Waals surface area contributed by atoms with E-state index in [4.69, 9.17) is 16.3 Å². The second-order valence-corrected chi connectivity index (χ2v) is 7.33. The van der Waals surface area contributed by atoms with E-state index in [1.54, 1.807) is 26.8 Å². The molecular formula is C16H21ClF3N3O2. The first-order valence-electron chi connectivity index (χ1n) is 7.85. The zero-order valence-corrected chi connectivity index (χ0v) is 15.1. The summed E-state index contributed by atoms with van der Waals surface area (Å²) in [6.45, 7) is 4.91. The van der Waals surface area contributed by atoms with Crippen molar-refractivity contribution in [1.82, 2.24) is 14.8 Å². The fourth-order valence-electron chi connectivity index (χ4n) is 2.55. The fraction of sp³-hybridized carbons (Fsp3) is 0.625. The lowest BCUT2D eigenvalue weighted by atomic mass is 10.1. The number of carbonyl (C=O) groups excluding carboxylic acids is 1. The topological polar surface area (TPSA) is 45.7 Å². The van der Waals surface area contributed by atoms with Crippen molar-refractivity contribution in [3.63, 3.8) is 0 Å². The Bertz CT molecular complexity index is 602. The Hall–Kier alpha value is -1.54. The molecule has 0 aliphatic carbocycles. The van der Waals surface area contributed by atoms with Crippen molar-refractivity contribution in [2.45, 2.75) is 45.1 Å². The molecule has 0 radical (unpaired) electrons. The summed E-state index contributed by atoms with van der Waals surface area (Å²) in [5.41, 5.74) is -0.124. The summed E-state index contributed by atoms with van der Waals surface area (Å²) in [6.07, 6.45) is -3.73. The van der Waals surface area contributed by atoms with Gasteiger partial charge in [-0.2, -0.15) is 13.2 Å². The van der Waals surface area contributed by atoms with Crippen LogP contribution in [-0.4, -0.2) is 58.3 Å². The molecule has 1 aromatic heterocycles. The van der Waals surface area contributed by atoms with Crippen LogP contribution in [0.15, 0.2) is 18.3 Å². The molecule has 1 unspecified atom stereocenters. The van der Waals surface area contributed by atoms with Crippen LogP contribution in [0, 0.1) is 0 Å².